The molecule has 0 radical (unpaired) electrons. The smallest absolute Gasteiger partial charge is 0.319 e. The fraction of sp³-hybridized carbons (Fsp3) is 0.706. The third-order valence-electron chi connectivity index (χ3n) is 5.46. The molecule has 3 atom stereocenters. The third kappa shape index (κ3) is 3.00. The summed E-state index contributed by atoms with van der Waals surface area (Å²) < 4.78 is 5.65. The highest BCUT2D eigenvalue weighted by molar-refractivity contribution is 5.89. The van der Waals surface area contributed by atoms with Crippen LogP contribution in [0, 0.1) is 11.8 Å². The van der Waals surface area contributed by atoms with Gasteiger partial charge in [-0.15, -0.1) is 0 Å². The van der Waals surface area contributed by atoms with Crippen molar-refractivity contribution in [2.75, 3.05) is 11.9 Å². The molecule has 2 bridgehead atoms. The Morgan fingerprint density at radius 2 is 2.00 bits per heavy atom. The lowest BCUT2D eigenvalue weighted by Gasteiger charge is -2.28. The number of nitrogens with one attached hydrogen (secondary N) is 3. The SMILES string of the molecule is O=C(Nc1c[nH]c(C2CCCO2)c1)NC1CC2CCC(C2)C1. The van der Waals surface area contributed by atoms with Crippen LogP contribution in [0.3, 0.4) is 0 Å². The maximum atomic E-state index is 12.2. The van der Waals surface area contributed by atoms with Crippen molar-refractivity contribution in [3.63, 3.8) is 0 Å². The average molecular weight is 303 g/mol. The molecule has 120 valence electrons. The van der Waals surface area contributed by atoms with Crippen molar-refractivity contribution in [3.05, 3.63) is 18.0 Å². The van der Waals surface area contributed by atoms with E-state index in [4.69, 9.17) is 4.74 Å². The maximum absolute atomic E-state index is 12.2. The van der Waals surface area contributed by atoms with Crippen molar-refractivity contribution in [2.24, 2.45) is 11.8 Å². The van der Waals surface area contributed by atoms with Crippen LogP contribution in [0.1, 0.15) is 56.7 Å². The number of hydrogen-bond acceptors (Lipinski definition) is 2. The largest absolute Gasteiger partial charge is 0.372 e. The second kappa shape index (κ2) is 5.95. The number of H-pyrrole nitrogens is 1. The minimum absolute atomic E-state index is 0.0795. The standard InChI is InChI=1S/C17H25N3O2/c21-17(19-13-7-11-3-4-12(6-11)8-13)20-14-9-15(18-10-14)16-2-1-5-22-16/h9-13,16,18H,1-8H2,(H2,19,20,21). The van der Waals surface area contributed by atoms with Gasteiger partial charge in [0.1, 0.15) is 0 Å². The highest BCUT2D eigenvalue weighted by atomic mass is 16.5. The van der Waals surface area contributed by atoms with E-state index in [9.17, 15) is 4.79 Å². The van der Waals surface area contributed by atoms with Crippen molar-refractivity contribution >= 4 is 11.7 Å². The highest BCUT2D eigenvalue weighted by Gasteiger charge is 2.34. The maximum Gasteiger partial charge on any atom is 0.319 e. The fourth-order valence-corrected chi connectivity index (χ4v) is 4.47. The molecule has 2 aliphatic carbocycles. The monoisotopic (exact) mass is 303 g/mol. The first-order valence-corrected chi connectivity index (χ1v) is 8.63. The number of carbonyl (C=O) groups is 1. The van der Waals surface area contributed by atoms with Crippen molar-refractivity contribution in [1.29, 1.82) is 0 Å². The van der Waals surface area contributed by atoms with Crippen LogP contribution >= 0.6 is 0 Å². The van der Waals surface area contributed by atoms with Gasteiger partial charge in [-0.25, -0.2) is 4.79 Å². The van der Waals surface area contributed by atoms with Gasteiger partial charge in [0, 0.05) is 24.5 Å². The quantitative estimate of drug-likeness (QED) is 0.799. The third-order valence-corrected chi connectivity index (χ3v) is 5.46. The molecule has 3 aliphatic rings. The minimum Gasteiger partial charge on any atom is -0.372 e. The molecule has 1 aromatic heterocycles. The zero-order valence-corrected chi connectivity index (χ0v) is 12.9. The Hall–Kier alpha value is -1.49. The molecule has 22 heavy (non-hydrogen) atoms. The Kier molecular flexibility index (Phi) is 3.82. The molecule has 0 aromatic carbocycles. The van der Waals surface area contributed by atoms with Gasteiger partial charge in [-0.05, 0) is 50.0 Å². The number of aromatic nitrogens is 1. The van der Waals surface area contributed by atoms with Crippen LogP contribution < -0.4 is 10.6 Å². The molecule has 5 nitrogen and oxygen atoms in total. The zero-order valence-electron chi connectivity index (χ0n) is 12.9. The van der Waals surface area contributed by atoms with Gasteiger partial charge in [0.25, 0.3) is 0 Å². The molecule has 3 N–H and O–H groups in total. The number of amides is 2. The molecular weight excluding hydrogens is 278 g/mol. The van der Waals surface area contributed by atoms with Gasteiger partial charge in [0.15, 0.2) is 0 Å². The van der Waals surface area contributed by atoms with Gasteiger partial charge in [0.2, 0.25) is 0 Å². The van der Waals surface area contributed by atoms with E-state index in [-0.39, 0.29) is 12.1 Å². The summed E-state index contributed by atoms with van der Waals surface area (Å²) >= 11 is 0. The van der Waals surface area contributed by atoms with Gasteiger partial charge in [-0.3, -0.25) is 0 Å². The number of urea groups is 1. The topological polar surface area (TPSA) is 66.2 Å². The van der Waals surface area contributed by atoms with Crippen LogP contribution in [0.4, 0.5) is 10.5 Å². The number of fused-ring (bicyclic) bond motifs is 2. The van der Waals surface area contributed by atoms with E-state index < -0.39 is 0 Å². The normalized spacial score (nSPS) is 33.8. The first-order chi connectivity index (χ1) is 10.8. The van der Waals surface area contributed by atoms with Gasteiger partial charge < -0.3 is 20.4 Å². The Morgan fingerprint density at radius 1 is 1.18 bits per heavy atom. The number of rotatable bonds is 3. The molecule has 2 amide bonds. The van der Waals surface area contributed by atoms with E-state index in [2.05, 4.69) is 15.6 Å². The van der Waals surface area contributed by atoms with Crippen LogP contribution in [0.5, 0.6) is 0 Å². The number of ether oxygens (including phenoxy) is 1. The lowest BCUT2D eigenvalue weighted by atomic mass is 9.85. The first kappa shape index (κ1) is 14.1. The van der Waals surface area contributed by atoms with Gasteiger partial charge in [-0.2, -0.15) is 0 Å². The molecule has 5 heteroatoms. The summed E-state index contributed by atoms with van der Waals surface area (Å²) in [7, 11) is 0. The summed E-state index contributed by atoms with van der Waals surface area (Å²) in [5, 5.41) is 6.10. The Balaban J connectivity index is 1.30. The van der Waals surface area contributed by atoms with Crippen molar-refractivity contribution in [2.45, 2.75) is 57.1 Å². The molecule has 2 heterocycles. The predicted molar refractivity (Wildman–Crippen MR) is 84.7 cm³/mol. The van der Waals surface area contributed by atoms with E-state index in [0.29, 0.717) is 6.04 Å². The predicted octanol–water partition coefficient (Wildman–Crippen LogP) is 3.57. The van der Waals surface area contributed by atoms with E-state index in [0.717, 1.165) is 55.5 Å². The summed E-state index contributed by atoms with van der Waals surface area (Å²) in [5.41, 5.74) is 1.88. The zero-order chi connectivity index (χ0) is 14.9. The van der Waals surface area contributed by atoms with Crippen molar-refractivity contribution < 1.29 is 9.53 Å². The van der Waals surface area contributed by atoms with E-state index in [1.807, 2.05) is 12.3 Å². The van der Waals surface area contributed by atoms with Gasteiger partial charge >= 0.3 is 6.03 Å². The van der Waals surface area contributed by atoms with E-state index in [1.165, 1.54) is 19.3 Å². The molecule has 3 fully saturated rings. The van der Waals surface area contributed by atoms with Crippen molar-refractivity contribution in [1.82, 2.24) is 10.3 Å². The van der Waals surface area contributed by atoms with Crippen molar-refractivity contribution in [3.8, 4) is 0 Å². The van der Waals surface area contributed by atoms with E-state index >= 15 is 0 Å². The molecule has 0 spiro atoms. The average Bonchev–Trinajstić information content (AvgIpc) is 3.20. The summed E-state index contributed by atoms with van der Waals surface area (Å²) in [6.45, 7) is 0.830. The van der Waals surface area contributed by atoms with Gasteiger partial charge in [-0.1, -0.05) is 12.8 Å². The van der Waals surface area contributed by atoms with Crippen LogP contribution in [-0.2, 0) is 4.74 Å². The molecule has 4 rings (SSSR count). The molecule has 2 saturated carbocycles. The number of hydrogen-bond donors (Lipinski definition) is 3. The number of carbonyl (C=O) groups excluding carboxylic acids is 1. The van der Waals surface area contributed by atoms with Gasteiger partial charge in [0.05, 0.1) is 11.8 Å². The number of aromatic amines is 1. The summed E-state index contributed by atoms with van der Waals surface area (Å²) in [6, 6.07) is 2.26. The first-order valence-electron chi connectivity index (χ1n) is 8.63. The van der Waals surface area contributed by atoms with E-state index in [1.54, 1.807) is 0 Å². The Morgan fingerprint density at radius 3 is 2.73 bits per heavy atom. The van der Waals surface area contributed by atoms with Crippen LogP contribution in [-0.4, -0.2) is 23.7 Å². The second-order valence-electron chi connectivity index (χ2n) is 7.16. The summed E-state index contributed by atoms with van der Waals surface area (Å²) in [6.07, 6.45) is 10.6. The Labute approximate surface area is 131 Å². The molecule has 3 unspecified atom stereocenters. The lowest BCUT2D eigenvalue weighted by Crippen LogP contribution is -2.41. The molecular formula is C17H25N3O2. The molecule has 1 saturated heterocycles. The second-order valence-corrected chi connectivity index (χ2v) is 7.16. The van der Waals surface area contributed by atoms with Crippen LogP contribution in [0.25, 0.3) is 0 Å². The fourth-order valence-electron chi connectivity index (χ4n) is 4.47. The van der Waals surface area contributed by atoms with Crippen LogP contribution in [0.15, 0.2) is 12.3 Å². The lowest BCUT2D eigenvalue weighted by molar-refractivity contribution is 0.109. The molecule has 1 aliphatic heterocycles. The van der Waals surface area contributed by atoms with Crippen LogP contribution in [0.2, 0.25) is 0 Å². The Bertz CT molecular complexity index is 524. The highest BCUT2D eigenvalue weighted by Crippen LogP contribution is 2.41. The molecule has 1 aromatic rings. The summed E-state index contributed by atoms with van der Waals surface area (Å²) in [5.74, 6) is 1.67. The number of anilines is 1. The summed E-state index contributed by atoms with van der Waals surface area (Å²) in [4.78, 5) is 15.4. The minimum atomic E-state index is -0.0795.